The van der Waals surface area contributed by atoms with Gasteiger partial charge in [-0.1, -0.05) is 42.5 Å². The molecule has 1 unspecified atom stereocenters. The third-order valence-corrected chi connectivity index (χ3v) is 6.77. The fourth-order valence-corrected chi connectivity index (χ4v) is 4.90. The number of methoxy groups -OCH3 is 2. The minimum absolute atomic E-state index is 0.0932. The zero-order valence-electron chi connectivity index (χ0n) is 21.7. The van der Waals surface area contributed by atoms with E-state index in [1.807, 2.05) is 61.5 Å². The van der Waals surface area contributed by atoms with Crippen molar-refractivity contribution >= 4 is 16.9 Å². The van der Waals surface area contributed by atoms with E-state index < -0.39 is 6.04 Å². The minimum Gasteiger partial charge on any atom is -0.493 e. The van der Waals surface area contributed by atoms with Gasteiger partial charge in [0.05, 0.1) is 31.2 Å². The van der Waals surface area contributed by atoms with Crippen LogP contribution < -0.4 is 19.6 Å². The van der Waals surface area contributed by atoms with Gasteiger partial charge >= 0.3 is 0 Å². The van der Waals surface area contributed by atoms with E-state index >= 15 is 0 Å². The molecule has 2 heterocycles. The maximum atomic E-state index is 13.8. The van der Waals surface area contributed by atoms with E-state index in [0.717, 1.165) is 16.7 Å². The number of benzene rings is 3. The molecule has 1 aliphatic heterocycles. The van der Waals surface area contributed by atoms with Gasteiger partial charge in [-0.2, -0.15) is 0 Å². The molecule has 1 aromatic heterocycles. The maximum Gasteiger partial charge on any atom is 0.290 e. The van der Waals surface area contributed by atoms with E-state index in [1.165, 1.54) is 0 Å². The molecule has 0 fully saturated rings. The Morgan fingerprint density at radius 2 is 1.74 bits per heavy atom. The summed E-state index contributed by atoms with van der Waals surface area (Å²) in [7, 11) is 3.18. The van der Waals surface area contributed by atoms with Gasteiger partial charge < -0.3 is 23.5 Å². The molecule has 0 saturated heterocycles. The predicted molar refractivity (Wildman–Crippen MR) is 145 cm³/mol. The molecule has 0 aliphatic carbocycles. The van der Waals surface area contributed by atoms with Crippen LogP contribution in [0.15, 0.2) is 82.5 Å². The fraction of sp³-hybridized carbons (Fsp3) is 0.226. The molecule has 0 N–H and O–H groups in total. The Hall–Kier alpha value is -4.52. The molecule has 3 aromatic carbocycles. The Labute approximate surface area is 220 Å². The molecule has 7 nitrogen and oxygen atoms in total. The Balaban J connectivity index is 1.56. The standard InChI is InChI=1S/C31H29NO6/c1-5-16-37-22-10-8-21(9-11-22)28-27-29(33)23-17-19(2)6-12-24(23)38-30(27)31(34)32(28)15-14-20-7-13-25(35-3)26(18-20)36-4/h5-13,17-18,28H,1,14-16H2,2-4H3. The molecule has 1 atom stereocenters. The first-order valence-corrected chi connectivity index (χ1v) is 12.4. The van der Waals surface area contributed by atoms with Crippen LogP contribution in [0, 0.1) is 6.92 Å². The molecule has 0 radical (unpaired) electrons. The monoisotopic (exact) mass is 511 g/mol. The van der Waals surface area contributed by atoms with Crippen molar-refractivity contribution in [2.45, 2.75) is 19.4 Å². The molecule has 4 aromatic rings. The first kappa shape index (κ1) is 25.1. The van der Waals surface area contributed by atoms with E-state index in [0.29, 0.717) is 53.4 Å². The fourth-order valence-electron chi connectivity index (χ4n) is 4.90. The normalized spacial score (nSPS) is 14.4. The molecule has 1 amide bonds. The highest BCUT2D eigenvalue weighted by Gasteiger charge is 2.42. The number of fused-ring (bicyclic) bond motifs is 2. The van der Waals surface area contributed by atoms with E-state index in [1.54, 1.807) is 31.3 Å². The summed E-state index contributed by atoms with van der Waals surface area (Å²) in [4.78, 5) is 29.2. The number of nitrogens with zero attached hydrogens (tertiary/aromatic N) is 1. The van der Waals surface area contributed by atoms with Crippen molar-refractivity contribution in [3.05, 3.63) is 112 Å². The maximum absolute atomic E-state index is 13.8. The summed E-state index contributed by atoms with van der Waals surface area (Å²) >= 11 is 0. The summed E-state index contributed by atoms with van der Waals surface area (Å²) in [5.41, 5.74) is 3.29. The smallest absolute Gasteiger partial charge is 0.290 e. The molecule has 1 aliphatic rings. The predicted octanol–water partition coefficient (Wildman–Crippen LogP) is 5.47. The van der Waals surface area contributed by atoms with Crippen LogP contribution in [-0.2, 0) is 6.42 Å². The average molecular weight is 512 g/mol. The second-order valence-electron chi connectivity index (χ2n) is 9.18. The molecular formula is C31H29NO6. The number of hydrogen-bond acceptors (Lipinski definition) is 6. The Morgan fingerprint density at radius 3 is 2.45 bits per heavy atom. The van der Waals surface area contributed by atoms with Crippen molar-refractivity contribution in [3.63, 3.8) is 0 Å². The van der Waals surface area contributed by atoms with Crippen LogP contribution in [0.4, 0.5) is 0 Å². The molecule has 194 valence electrons. The highest BCUT2D eigenvalue weighted by atomic mass is 16.5. The van der Waals surface area contributed by atoms with Gasteiger partial charge in [-0.15, -0.1) is 0 Å². The van der Waals surface area contributed by atoms with Crippen molar-refractivity contribution in [3.8, 4) is 17.2 Å². The summed E-state index contributed by atoms with van der Waals surface area (Å²) < 4.78 is 22.5. The lowest BCUT2D eigenvalue weighted by Gasteiger charge is -2.25. The summed E-state index contributed by atoms with van der Waals surface area (Å²) in [6, 6.07) is 17.9. The van der Waals surface area contributed by atoms with Gasteiger partial charge in [0.25, 0.3) is 5.91 Å². The van der Waals surface area contributed by atoms with Gasteiger partial charge in [0, 0.05) is 6.54 Å². The molecular weight excluding hydrogens is 482 g/mol. The van der Waals surface area contributed by atoms with Crippen molar-refractivity contribution in [1.29, 1.82) is 0 Å². The second-order valence-corrected chi connectivity index (χ2v) is 9.18. The van der Waals surface area contributed by atoms with E-state index in [2.05, 4.69) is 6.58 Å². The number of aryl methyl sites for hydroxylation is 1. The number of amides is 1. The Morgan fingerprint density at radius 1 is 0.974 bits per heavy atom. The lowest BCUT2D eigenvalue weighted by Crippen LogP contribution is -2.31. The topological polar surface area (TPSA) is 78.2 Å². The average Bonchev–Trinajstić information content (AvgIpc) is 3.22. The number of ether oxygens (including phenoxy) is 3. The van der Waals surface area contributed by atoms with Gasteiger partial charge in [-0.3, -0.25) is 9.59 Å². The van der Waals surface area contributed by atoms with E-state index in [9.17, 15) is 9.59 Å². The van der Waals surface area contributed by atoms with Gasteiger partial charge in [-0.25, -0.2) is 0 Å². The summed E-state index contributed by atoms with van der Waals surface area (Å²) in [5, 5.41) is 0.467. The highest BCUT2D eigenvalue weighted by molar-refractivity contribution is 5.99. The minimum atomic E-state index is -0.590. The lowest BCUT2D eigenvalue weighted by atomic mass is 9.98. The first-order chi connectivity index (χ1) is 18.4. The zero-order chi connectivity index (χ0) is 26.8. The van der Waals surface area contributed by atoms with Crippen molar-refractivity contribution in [2.75, 3.05) is 27.4 Å². The van der Waals surface area contributed by atoms with Crippen LogP contribution in [0.1, 0.15) is 38.9 Å². The quantitative estimate of drug-likeness (QED) is 0.277. The summed E-state index contributed by atoms with van der Waals surface area (Å²) in [6.45, 7) is 6.35. The van der Waals surface area contributed by atoms with Crippen LogP contribution in [0.5, 0.6) is 17.2 Å². The van der Waals surface area contributed by atoms with Crippen LogP contribution in [0.2, 0.25) is 0 Å². The molecule has 7 heteroatoms. The van der Waals surface area contributed by atoms with Gasteiger partial charge in [0.1, 0.15) is 17.9 Å². The SMILES string of the molecule is C=CCOc1ccc(C2c3c(oc4ccc(C)cc4c3=O)C(=O)N2CCc2ccc(OC)c(OC)c2)cc1. The Bertz CT molecular complexity index is 1570. The van der Waals surface area contributed by atoms with Crippen LogP contribution in [0.3, 0.4) is 0 Å². The van der Waals surface area contributed by atoms with Gasteiger partial charge in [0.15, 0.2) is 16.9 Å². The van der Waals surface area contributed by atoms with Crippen LogP contribution >= 0.6 is 0 Å². The highest BCUT2D eigenvalue weighted by Crippen LogP contribution is 2.39. The summed E-state index contributed by atoms with van der Waals surface area (Å²) in [6.07, 6.45) is 2.22. The largest absolute Gasteiger partial charge is 0.493 e. The molecule has 0 bridgehead atoms. The summed E-state index contributed by atoms with van der Waals surface area (Å²) in [5.74, 6) is 1.71. The zero-order valence-corrected chi connectivity index (χ0v) is 21.7. The third-order valence-electron chi connectivity index (χ3n) is 6.77. The van der Waals surface area contributed by atoms with E-state index in [-0.39, 0.29) is 17.1 Å². The number of carbonyl (C=O) groups is 1. The van der Waals surface area contributed by atoms with Crippen molar-refractivity contribution in [2.24, 2.45) is 0 Å². The van der Waals surface area contributed by atoms with Crippen LogP contribution in [-0.4, -0.2) is 38.2 Å². The van der Waals surface area contributed by atoms with E-state index in [4.69, 9.17) is 18.6 Å². The first-order valence-electron chi connectivity index (χ1n) is 12.4. The molecule has 0 saturated carbocycles. The molecule has 5 rings (SSSR count). The number of carbonyl (C=O) groups excluding carboxylic acids is 1. The lowest BCUT2D eigenvalue weighted by molar-refractivity contribution is 0.0730. The number of rotatable bonds is 9. The van der Waals surface area contributed by atoms with Crippen molar-refractivity contribution < 1.29 is 23.4 Å². The Kier molecular flexibility index (Phi) is 6.92. The second kappa shape index (κ2) is 10.5. The number of hydrogen-bond donors (Lipinski definition) is 0. The molecule has 0 spiro atoms. The van der Waals surface area contributed by atoms with Crippen molar-refractivity contribution in [1.82, 2.24) is 4.90 Å². The van der Waals surface area contributed by atoms with Gasteiger partial charge in [-0.05, 0) is 60.9 Å². The van der Waals surface area contributed by atoms with Gasteiger partial charge in [0.2, 0.25) is 5.76 Å². The van der Waals surface area contributed by atoms with Crippen LogP contribution in [0.25, 0.3) is 11.0 Å². The molecule has 38 heavy (non-hydrogen) atoms. The third kappa shape index (κ3) is 4.52.